The van der Waals surface area contributed by atoms with Gasteiger partial charge in [0.1, 0.15) is 0 Å². The summed E-state index contributed by atoms with van der Waals surface area (Å²) in [5, 5.41) is 1.99. The van der Waals surface area contributed by atoms with Crippen LogP contribution in [0.3, 0.4) is 0 Å². The molecule has 0 bridgehead atoms. The van der Waals surface area contributed by atoms with Crippen LogP contribution in [0.15, 0.2) is 71.4 Å². The van der Waals surface area contributed by atoms with Crippen LogP contribution in [-0.2, 0) is 14.3 Å². The van der Waals surface area contributed by atoms with Crippen LogP contribution in [0.1, 0.15) is 31.4 Å². The third kappa shape index (κ3) is 4.33. The minimum absolute atomic E-state index is 0.184. The predicted octanol–water partition coefficient (Wildman–Crippen LogP) is 4.90. The maximum Gasteiger partial charge on any atom is 0.363 e. The van der Waals surface area contributed by atoms with Gasteiger partial charge in [-0.1, -0.05) is 49.4 Å². The minimum atomic E-state index is -0.526. The summed E-state index contributed by atoms with van der Waals surface area (Å²) in [5.74, 6) is 0.151. The summed E-state index contributed by atoms with van der Waals surface area (Å²) in [7, 11) is 0. The summed E-state index contributed by atoms with van der Waals surface area (Å²) in [5.41, 5.74) is 1.62. The van der Waals surface area contributed by atoms with E-state index in [1.54, 1.807) is 31.2 Å². The fraction of sp³-hybridized carbons (Fsp3) is 0.160. The van der Waals surface area contributed by atoms with Gasteiger partial charge in [-0.2, -0.15) is 0 Å². The van der Waals surface area contributed by atoms with E-state index >= 15 is 0 Å². The van der Waals surface area contributed by atoms with Crippen molar-refractivity contribution in [3.05, 3.63) is 77.5 Å². The molecule has 0 saturated carbocycles. The van der Waals surface area contributed by atoms with E-state index < -0.39 is 5.97 Å². The highest BCUT2D eigenvalue weighted by atomic mass is 16.6. The topological polar surface area (TPSA) is 74.2 Å². The first-order chi connectivity index (χ1) is 15.1. The molecule has 3 aromatic carbocycles. The number of benzene rings is 3. The van der Waals surface area contributed by atoms with Crippen LogP contribution < -0.4 is 9.47 Å². The first-order valence-corrected chi connectivity index (χ1v) is 10.1. The third-order valence-electron chi connectivity index (χ3n) is 4.72. The molecule has 0 aliphatic carbocycles. The molecular formula is C25H21NO5. The van der Waals surface area contributed by atoms with Gasteiger partial charge in [-0.05, 0) is 47.5 Å². The van der Waals surface area contributed by atoms with E-state index in [4.69, 9.17) is 14.2 Å². The van der Waals surface area contributed by atoms with Crippen molar-refractivity contribution in [3.8, 4) is 11.5 Å². The van der Waals surface area contributed by atoms with Gasteiger partial charge in [0, 0.05) is 12.0 Å². The molecule has 6 nitrogen and oxygen atoms in total. The summed E-state index contributed by atoms with van der Waals surface area (Å²) >= 11 is 0. The lowest BCUT2D eigenvalue weighted by atomic mass is 10.0. The lowest BCUT2D eigenvalue weighted by Gasteiger charge is -2.10. The molecule has 0 amide bonds. The van der Waals surface area contributed by atoms with Gasteiger partial charge in [-0.15, -0.1) is 0 Å². The number of aliphatic imine (C=N–C) groups is 1. The Kier molecular flexibility index (Phi) is 5.80. The number of esters is 2. The molecule has 0 fully saturated rings. The van der Waals surface area contributed by atoms with Crippen molar-refractivity contribution in [2.24, 2.45) is 4.99 Å². The number of carbonyl (C=O) groups is 2. The van der Waals surface area contributed by atoms with Gasteiger partial charge in [-0.3, -0.25) is 4.79 Å². The summed E-state index contributed by atoms with van der Waals surface area (Å²) in [6.07, 6.45) is 1.88. The van der Waals surface area contributed by atoms with E-state index in [-0.39, 0.29) is 24.0 Å². The zero-order chi connectivity index (χ0) is 21.8. The van der Waals surface area contributed by atoms with Crippen LogP contribution in [-0.4, -0.2) is 24.4 Å². The summed E-state index contributed by atoms with van der Waals surface area (Å²) in [6, 6.07) is 18.7. The van der Waals surface area contributed by atoms with Gasteiger partial charge in [0.05, 0.1) is 6.61 Å². The molecule has 6 heteroatoms. The summed E-state index contributed by atoms with van der Waals surface area (Å²) in [4.78, 5) is 28.5. The smallest absolute Gasteiger partial charge is 0.363 e. The van der Waals surface area contributed by atoms with E-state index in [1.807, 2.05) is 49.4 Å². The van der Waals surface area contributed by atoms with Crippen LogP contribution in [0.4, 0.5) is 0 Å². The zero-order valence-electron chi connectivity index (χ0n) is 17.3. The highest BCUT2D eigenvalue weighted by Crippen LogP contribution is 2.31. The van der Waals surface area contributed by atoms with E-state index in [1.165, 1.54) is 0 Å². The van der Waals surface area contributed by atoms with Crippen LogP contribution in [0.25, 0.3) is 16.8 Å². The Hall–Kier alpha value is -3.93. The fourth-order valence-corrected chi connectivity index (χ4v) is 3.26. The van der Waals surface area contributed by atoms with Crippen molar-refractivity contribution in [1.82, 2.24) is 0 Å². The van der Waals surface area contributed by atoms with Gasteiger partial charge in [0.15, 0.2) is 17.2 Å². The van der Waals surface area contributed by atoms with Crippen molar-refractivity contribution in [1.29, 1.82) is 0 Å². The SMILES string of the molecule is CCOc1cc(/C=C2/N=C(c3cccc4ccccc34)OC2=O)ccc1OC(=O)CC. The van der Waals surface area contributed by atoms with Gasteiger partial charge < -0.3 is 14.2 Å². The molecule has 0 unspecified atom stereocenters. The monoisotopic (exact) mass is 415 g/mol. The second kappa shape index (κ2) is 8.83. The van der Waals surface area contributed by atoms with Gasteiger partial charge in [-0.25, -0.2) is 9.79 Å². The third-order valence-corrected chi connectivity index (χ3v) is 4.72. The predicted molar refractivity (Wildman–Crippen MR) is 118 cm³/mol. The summed E-state index contributed by atoms with van der Waals surface area (Å²) in [6.45, 7) is 3.96. The second-order valence-electron chi connectivity index (χ2n) is 6.83. The van der Waals surface area contributed by atoms with Crippen molar-refractivity contribution in [2.75, 3.05) is 6.61 Å². The minimum Gasteiger partial charge on any atom is -0.490 e. The lowest BCUT2D eigenvalue weighted by Crippen LogP contribution is -2.07. The number of nitrogens with zero attached hydrogens (tertiary/aromatic N) is 1. The maximum absolute atomic E-state index is 12.5. The standard InChI is InChI=1S/C25H21NO5/c1-3-23(27)30-21-13-12-16(15-22(21)29-4-2)14-20-25(28)31-24(26-20)19-11-7-9-17-8-5-6-10-18(17)19/h5-15H,3-4H2,1-2H3/b20-14+. The molecule has 1 heterocycles. The molecule has 0 N–H and O–H groups in total. The highest BCUT2D eigenvalue weighted by molar-refractivity contribution is 6.17. The van der Waals surface area contributed by atoms with E-state index in [0.717, 1.165) is 16.3 Å². The highest BCUT2D eigenvalue weighted by Gasteiger charge is 2.25. The Morgan fingerprint density at radius 2 is 1.84 bits per heavy atom. The van der Waals surface area contributed by atoms with Crippen LogP contribution in [0.5, 0.6) is 11.5 Å². The average Bonchev–Trinajstić information content (AvgIpc) is 3.15. The number of cyclic esters (lactones) is 1. The number of rotatable bonds is 6. The Morgan fingerprint density at radius 1 is 1.03 bits per heavy atom. The average molecular weight is 415 g/mol. The van der Waals surface area contributed by atoms with Gasteiger partial charge in [0.2, 0.25) is 5.90 Å². The molecule has 156 valence electrons. The number of ether oxygens (including phenoxy) is 3. The lowest BCUT2D eigenvalue weighted by molar-refractivity contribution is -0.134. The molecule has 0 saturated heterocycles. The van der Waals surface area contributed by atoms with Crippen LogP contribution in [0.2, 0.25) is 0 Å². The Morgan fingerprint density at radius 3 is 2.65 bits per heavy atom. The van der Waals surface area contributed by atoms with Crippen molar-refractivity contribution >= 4 is 34.7 Å². The quantitative estimate of drug-likeness (QED) is 0.325. The Bertz CT molecular complexity index is 1220. The first-order valence-electron chi connectivity index (χ1n) is 10.1. The molecule has 0 radical (unpaired) electrons. The van der Waals surface area contributed by atoms with E-state index in [9.17, 15) is 9.59 Å². The second-order valence-corrected chi connectivity index (χ2v) is 6.83. The number of hydrogen-bond acceptors (Lipinski definition) is 6. The molecule has 31 heavy (non-hydrogen) atoms. The zero-order valence-corrected chi connectivity index (χ0v) is 17.3. The molecular weight excluding hydrogens is 394 g/mol. The number of fused-ring (bicyclic) bond motifs is 1. The van der Waals surface area contributed by atoms with Crippen molar-refractivity contribution < 1.29 is 23.8 Å². The molecule has 4 rings (SSSR count). The Labute approximate surface area is 179 Å². The molecule has 0 aromatic heterocycles. The van der Waals surface area contributed by atoms with Gasteiger partial charge in [0.25, 0.3) is 0 Å². The fourth-order valence-electron chi connectivity index (χ4n) is 3.26. The number of hydrogen-bond donors (Lipinski definition) is 0. The van der Waals surface area contributed by atoms with Gasteiger partial charge >= 0.3 is 11.9 Å². The van der Waals surface area contributed by atoms with Crippen LogP contribution >= 0.6 is 0 Å². The molecule has 1 aliphatic heterocycles. The normalized spacial score (nSPS) is 14.5. The number of carbonyl (C=O) groups excluding carboxylic acids is 2. The molecule has 1 aliphatic rings. The van der Waals surface area contributed by atoms with Crippen LogP contribution in [0, 0.1) is 0 Å². The molecule has 0 atom stereocenters. The van der Waals surface area contributed by atoms with E-state index in [2.05, 4.69) is 4.99 Å². The Balaban J connectivity index is 1.68. The van der Waals surface area contributed by atoms with Crippen molar-refractivity contribution in [3.63, 3.8) is 0 Å². The molecule has 0 spiro atoms. The largest absolute Gasteiger partial charge is 0.490 e. The first kappa shape index (κ1) is 20.3. The summed E-state index contributed by atoms with van der Waals surface area (Å²) < 4.78 is 16.4. The maximum atomic E-state index is 12.5. The van der Waals surface area contributed by atoms with E-state index in [0.29, 0.717) is 23.7 Å². The molecule has 3 aromatic rings. The van der Waals surface area contributed by atoms with Crippen molar-refractivity contribution in [2.45, 2.75) is 20.3 Å².